The van der Waals surface area contributed by atoms with Gasteiger partial charge in [-0.3, -0.25) is 15.0 Å². The average Bonchev–Trinajstić information content (AvgIpc) is 2.65. The summed E-state index contributed by atoms with van der Waals surface area (Å²) in [4.78, 5) is 24.3. The number of benzene rings is 2. The van der Waals surface area contributed by atoms with E-state index in [1.165, 1.54) is 12.1 Å². The van der Waals surface area contributed by atoms with Crippen molar-refractivity contribution in [2.24, 2.45) is 0 Å². The van der Waals surface area contributed by atoms with Gasteiger partial charge in [0, 0.05) is 6.42 Å². The Kier molecular flexibility index (Phi) is 6.95. The molecule has 0 aromatic heterocycles. The Balaban J connectivity index is 2.12. The van der Waals surface area contributed by atoms with Gasteiger partial charge in [0.25, 0.3) is 5.91 Å². The van der Waals surface area contributed by atoms with Crippen molar-refractivity contribution in [2.45, 2.75) is 25.6 Å². The Morgan fingerprint density at radius 3 is 2.30 bits per heavy atom. The second-order valence-electron chi connectivity index (χ2n) is 5.64. The van der Waals surface area contributed by atoms with E-state index in [9.17, 15) is 22.8 Å². The smallest absolute Gasteiger partial charge is 0.417 e. The minimum atomic E-state index is -4.67. The molecular weight excluding hydrogens is 361 g/mol. The fraction of sp³-hybridized carbons (Fsp3) is 0.263. The van der Waals surface area contributed by atoms with Gasteiger partial charge in [-0.25, -0.2) is 5.43 Å². The number of hydrogen-bond donors (Lipinski definition) is 2. The summed E-state index contributed by atoms with van der Waals surface area (Å²) < 4.78 is 44.1. The van der Waals surface area contributed by atoms with E-state index >= 15 is 0 Å². The lowest BCUT2D eigenvalue weighted by atomic mass is 10.1. The summed E-state index contributed by atoms with van der Waals surface area (Å²) in [5.41, 5.74) is 3.87. The van der Waals surface area contributed by atoms with Crippen LogP contribution in [-0.2, 0) is 22.1 Å². The molecule has 2 rings (SSSR count). The lowest BCUT2D eigenvalue weighted by Gasteiger charge is -2.19. The molecule has 0 bridgehead atoms. The highest BCUT2D eigenvalue weighted by Crippen LogP contribution is 2.31. The Morgan fingerprint density at radius 1 is 1.04 bits per heavy atom. The maximum atomic E-state index is 13.0. The SMILES string of the molecule is CCOC(=O)[C@H](Cc1ccccc1)NNC(=O)c1ccccc1C(F)(F)F. The minimum Gasteiger partial charge on any atom is -0.465 e. The van der Waals surface area contributed by atoms with Gasteiger partial charge in [0.1, 0.15) is 6.04 Å². The molecule has 0 aliphatic rings. The van der Waals surface area contributed by atoms with Crippen molar-refractivity contribution in [3.8, 4) is 0 Å². The van der Waals surface area contributed by atoms with Gasteiger partial charge >= 0.3 is 12.1 Å². The van der Waals surface area contributed by atoms with Crippen LogP contribution < -0.4 is 10.9 Å². The Morgan fingerprint density at radius 2 is 1.67 bits per heavy atom. The number of hydrazine groups is 1. The Bertz CT molecular complexity index is 779. The molecule has 0 radical (unpaired) electrons. The number of hydrogen-bond acceptors (Lipinski definition) is 4. The van der Waals surface area contributed by atoms with Crippen molar-refractivity contribution >= 4 is 11.9 Å². The quantitative estimate of drug-likeness (QED) is 0.572. The van der Waals surface area contributed by atoms with E-state index in [2.05, 4.69) is 10.9 Å². The molecule has 2 N–H and O–H groups in total. The van der Waals surface area contributed by atoms with Gasteiger partial charge in [0.2, 0.25) is 0 Å². The van der Waals surface area contributed by atoms with E-state index in [-0.39, 0.29) is 13.0 Å². The first kappa shape index (κ1) is 20.4. The van der Waals surface area contributed by atoms with Crippen LogP contribution in [0.5, 0.6) is 0 Å². The monoisotopic (exact) mass is 380 g/mol. The van der Waals surface area contributed by atoms with Gasteiger partial charge < -0.3 is 4.74 Å². The van der Waals surface area contributed by atoms with Crippen molar-refractivity contribution in [2.75, 3.05) is 6.61 Å². The molecule has 8 heteroatoms. The summed E-state index contributed by atoms with van der Waals surface area (Å²) in [6, 6.07) is 12.4. The van der Waals surface area contributed by atoms with Crippen LogP contribution in [0.4, 0.5) is 13.2 Å². The average molecular weight is 380 g/mol. The van der Waals surface area contributed by atoms with Crippen molar-refractivity contribution in [3.05, 3.63) is 71.3 Å². The normalized spacial score (nSPS) is 12.3. The topological polar surface area (TPSA) is 67.4 Å². The molecule has 0 heterocycles. The van der Waals surface area contributed by atoms with Crippen LogP contribution in [0.1, 0.15) is 28.4 Å². The van der Waals surface area contributed by atoms with Gasteiger partial charge in [0.05, 0.1) is 17.7 Å². The van der Waals surface area contributed by atoms with Crippen LogP contribution in [0.3, 0.4) is 0 Å². The lowest BCUT2D eigenvalue weighted by Crippen LogP contribution is -2.50. The van der Waals surface area contributed by atoms with Crippen molar-refractivity contribution in [1.82, 2.24) is 10.9 Å². The maximum Gasteiger partial charge on any atom is 0.417 e. The third-order valence-corrected chi connectivity index (χ3v) is 3.69. The molecule has 1 amide bonds. The molecule has 5 nitrogen and oxygen atoms in total. The van der Waals surface area contributed by atoms with E-state index < -0.39 is 35.2 Å². The number of alkyl halides is 3. The van der Waals surface area contributed by atoms with E-state index in [1.807, 2.05) is 6.07 Å². The molecule has 2 aromatic rings. The van der Waals surface area contributed by atoms with Crippen LogP contribution in [0.15, 0.2) is 54.6 Å². The summed E-state index contributed by atoms with van der Waals surface area (Å²) in [5, 5.41) is 0. The van der Waals surface area contributed by atoms with Gasteiger partial charge in [-0.2, -0.15) is 13.2 Å². The summed E-state index contributed by atoms with van der Waals surface area (Å²) in [6.07, 6.45) is -4.47. The molecule has 2 aromatic carbocycles. The fourth-order valence-corrected chi connectivity index (χ4v) is 2.43. The third kappa shape index (κ3) is 5.82. The number of nitrogens with one attached hydrogen (secondary N) is 2. The zero-order chi connectivity index (χ0) is 19.9. The summed E-state index contributed by atoms with van der Waals surface area (Å²) >= 11 is 0. The maximum absolute atomic E-state index is 13.0. The van der Waals surface area contributed by atoms with Gasteiger partial charge in [-0.1, -0.05) is 42.5 Å². The predicted molar refractivity (Wildman–Crippen MR) is 92.6 cm³/mol. The predicted octanol–water partition coefficient (Wildman–Crippen LogP) is 3.11. The number of ether oxygens (including phenoxy) is 1. The number of amides is 1. The number of esters is 1. The molecule has 27 heavy (non-hydrogen) atoms. The summed E-state index contributed by atoms with van der Waals surface area (Å²) in [6.45, 7) is 1.77. The molecule has 0 saturated heterocycles. The summed E-state index contributed by atoms with van der Waals surface area (Å²) in [7, 11) is 0. The molecule has 1 atom stereocenters. The Hall–Kier alpha value is -2.87. The standard InChI is InChI=1S/C19H19F3N2O3/c1-2-27-18(26)16(12-13-8-4-3-5-9-13)23-24-17(25)14-10-6-7-11-15(14)19(20,21)22/h3-11,16,23H,2,12H2,1H3,(H,24,25)/t16-/m0/s1. The minimum absolute atomic E-state index is 0.136. The van der Waals surface area contributed by atoms with Crippen molar-refractivity contribution < 1.29 is 27.5 Å². The van der Waals surface area contributed by atoms with Gasteiger partial charge in [-0.05, 0) is 24.6 Å². The van der Waals surface area contributed by atoms with Gasteiger partial charge in [0.15, 0.2) is 0 Å². The molecule has 0 spiro atoms. The second-order valence-corrected chi connectivity index (χ2v) is 5.64. The first-order valence-electron chi connectivity index (χ1n) is 8.25. The van der Waals surface area contributed by atoms with Crippen LogP contribution in [0.2, 0.25) is 0 Å². The molecule has 0 aliphatic heterocycles. The number of carbonyl (C=O) groups is 2. The number of carbonyl (C=O) groups excluding carboxylic acids is 2. The van der Waals surface area contributed by atoms with E-state index in [4.69, 9.17) is 4.74 Å². The van der Waals surface area contributed by atoms with Gasteiger partial charge in [-0.15, -0.1) is 0 Å². The van der Waals surface area contributed by atoms with Crippen LogP contribution in [0, 0.1) is 0 Å². The molecule has 0 saturated carbocycles. The van der Waals surface area contributed by atoms with Crippen LogP contribution in [-0.4, -0.2) is 24.5 Å². The first-order chi connectivity index (χ1) is 12.8. The van der Waals surface area contributed by atoms with E-state index in [0.29, 0.717) is 0 Å². The van der Waals surface area contributed by atoms with E-state index in [1.54, 1.807) is 31.2 Å². The second kappa shape index (κ2) is 9.18. The third-order valence-electron chi connectivity index (χ3n) is 3.69. The van der Waals surface area contributed by atoms with Crippen molar-refractivity contribution in [1.29, 1.82) is 0 Å². The molecule has 0 unspecified atom stereocenters. The molecule has 0 aliphatic carbocycles. The summed E-state index contributed by atoms with van der Waals surface area (Å²) in [5.74, 6) is -1.61. The Labute approximate surface area is 154 Å². The molecule has 0 fully saturated rings. The highest BCUT2D eigenvalue weighted by atomic mass is 19.4. The highest BCUT2D eigenvalue weighted by molar-refractivity contribution is 5.95. The van der Waals surface area contributed by atoms with Crippen molar-refractivity contribution in [3.63, 3.8) is 0 Å². The zero-order valence-electron chi connectivity index (χ0n) is 14.5. The number of rotatable bonds is 7. The molecule has 144 valence electrons. The lowest BCUT2D eigenvalue weighted by molar-refractivity contribution is -0.146. The largest absolute Gasteiger partial charge is 0.465 e. The molecular formula is C19H19F3N2O3. The van der Waals surface area contributed by atoms with Crippen LogP contribution in [0.25, 0.3) is 0 Å². The van der Waals surface area contributed by atoms with E-state index in [0.717, 1.165) is 17.7 Å². The fourth-order valence-electron chi connectivity index (χ4n) is 2.43. The zero-order valence-corrected chi connectivity index (χ0v) is 14.5. The first-order valence-corrected chi connectivity index (χ1v) is 8.25. The highest BCUT2D eigenvalue weighted by Gasteiger charge is 2.35. The van der Waals surface area contributed by atoms with Crippen LogP contribution >= 0.6 is 0 Å². The number of halogens is 3.